The monoisotopic (exact) mass is 426 g/mol. The summed E-state index contributed by atoms with van der Waals surface area (Å²) in [5, 5.41) is -0.729. The Morgan fingerprint density at radius 2 is 1.19 bits per heavy atom. The topological polar surface area (TPSA) is 0 Å². The second-order valence-electron chi connectivity index (χ2n) is 6.79. The SMILES string of the molecule is Fc1cc2cc(-c3ccc(-c4ccccc4)cc3)cc(F)c2c(F)c1C#CC(F)(F)F. The molecule has 6 heteroatoms. The van der Waals surface area contributed by atoms with E-state index in [9.17, 15) is 26.3 Å². The summed E-state index contributed by atoms with van der Waals surface area (Å²) in [6, 6.07) is 20.0. The third kappa shape index (κ3) is 4.26. The summed E-state index contributed by atoms with van der Waals surface area (Å²) in [4.78, 5) is 0. The predicted molar refractivity (Wildman–Crippen MR) is 108 cm³/mol. The zero-order valence-electron chi connectivity index (χ0n) is 15.7. The molecule has 0 saturated carbocycles. The maximum absolute atomic E-state index is 14.7. The highest BCUT2D eigenvalue weighted by Gasteiger charge is 2.24. The van der Waals surface area contributed by atoms with Crippen molar-refractivity contribution in [3.63, 3.8) is 0 Å². The standard InChI is InChI=1S/C25H12F6/c26-21-14-19-12-18(17-8-6-16(7-9-17)15-4-2-1-3-5-15)13-22(27)23(19)24(28)20(21)10-11-25(29,30)31/h1-9,12-14H. The number of hydrogen-bond acceptors (Lipinski definition) is 0. The number of alkyl halides is 3. The van der Waals surface area contributed by atoms with Crippen molar-refractivity contribution < 1.29 is 26.3 Å². The lowest BCUT2D eigenvalue weighted by Gasteiger charge is -2.10. The molecule has 0 amide bonds. The van der Waals surface area contributed by atoms with Gasteiger partial charge < -0.3 is 0 Å². The minimum absolute atomic E-state index is 0.116. The van der Waals surface area contributed by atoms with E-state index in [1.807, 2.05) is 42.5 Å². The van der Waals surface area contributed by atoms with Crippen LogP contribution in [0.2, 0.25) is 0 Å². The van der Waals surface area contributed by atoms with Crippen molar-refractivity contribution in [2.75, 3.05) is 0 Å². The molecule has 4 rings (SSSR count). The third-order valence-electron chi connectivity index (χ3n) is 4.74. The average Bonchev–Trinajstić information content (AvgIpc) is 2.73. The van der Waals surface area contributed by atoms with Crippen LogP contribution in [0.15, 0.2) is 72.8 Å². The Labute approximate surface area is 173 Å². The second kappa shape index (κ2) is 7.84. The minimum atomic E-state index is -4.93. The molecule has 0 unspecified atom stereocenters. The van der Waals surface area contributed by atoms with E-state index < -0.39 is 34.6 Å². The van der Waals surface area contributed by atoms with E-state index in [4.69, 9.17) is 0 Å². The van der Waals surface area contributed by atoms with Crippen molar-refractivity contribution in [2.45, 2.75) is 6.18 Å². The Balaban J connectivity index is 1.78. The van der Waals surface area contributed by atoms with Crippen LogP contribution in [0.25, 0.3) is 33.0 Å². The van der Waals surface area contributed by atoms with Gasteiger partial charge in [0.15, 0.2) is 5.82 Å². The molecule has 4 aromatic rings. The van der Waals surface area contributed by atoms with Gasteiger partial charge in [-0.15, -0.1) is 0 Å². The van der Waals surface area contributed by atoms with Crippen LogP contribution in [0.3, 0.4) is 0 Å². The van der Waals surface area contributed by atoms with E-state index >= 15 is 0 Å². The summed E-state index contributed by atoms with van der Waals surface area (Å²) >= 11 is 0. The summed E-state index contributed by atoms with van der Waals surface area (Å²) in [5.41, 5.74) is 1.80. The number of fused-ring (bicyclic) bond motifs is 1. The van der Waals surface area contributed by atoms with Crippen LogP contribution in [-0.2, 0) is 0 Å². The Bertz CT molecular complexity index is 1320. The lowest BCUT2D eigenvalue weighted by molar-refractivity contribution is -0.0696. The van der Waals surface area contributed by atoms with Crippen molar-refractivity contribution in [2.24, 2.45) is 0 Å². The maximum atomic E-state index is 14.7. The van der Waals surface area contributed by atoms with E-state index in [-0.39, 0.29) is 5.39 Å². The van der Waals surface area contributed by atoms with Crippen LogP contribution in [-0.4, -0.2) is 6.18 Å². The molecule has 154 valence electrons. The van der Waals surface area contributed by atoms with Gasteiger partial charge in [-0.1, -0.05) is 60.5 Å². The molecule has 0 heterocycles. The first kappa shape index (κ1) is 20.5. The summed E-state index contributed by atoms with van der Waals surface area (Å²) < 4.78 is 80.4. The fraction of sp³-hybridized carbons (Fsp3) is 0.0400. The number of benzene rings is 4. The van der Waals surface area contributed by atoms with Gasteiger partial charge in [0, 0.05) is 5.92 Å². The molecule has 0 aliphatic heterocycles. The molecule has 0 spiro atoms. The fourth-order valence-electron chi connectivity index (χ4n) is 3.31. The van der Waals surface area contributed by atoms with Crippen molar-refractivity contribution in [3.05, 3.63) is 95.8 Å². The first-order chi connectivity index (χ1) is 14.7. The highest BCUT2D eigenvalue weighted by molar-refractivity contribution is 5.90. The van der Waals surface area contributed by atoms with Gasteiger partial charge in [0.2, 0.25) is 0 Å². The van der Waals surface area contributed by atoms with Gasteiger partial charge in [-0.3, -0.25) is 0 Å². The number of hydrogen-bond donors (Lipinski definition) is 0. The van der Waals surface area contributed by atoms with E-state index in [1.54, 1.807) is 12.1 Å². The zero-order valence-corrected chi connectivity index (χ0v) is 15.7. The molecule has 0 aliphatic carbocycles. The Morgan fingerprint density at radius 1 is 0.613 bits per heavy atom. The van der Waals surface area contributed by atoms with Crippen molar-refractivity contribution in [3.8, 4) is 34.1 Å². The minimum Gasteiger partial charge on any atom is -0.206 e. The summed E-state index contributed by atoms with van der Waals surface area (Å²) in [6.45, 7) is 0. The number of halogens is 6. The van der Waals surface area contributed by atoms with Gasteiger partial charge in [0.05, 0.1) is 10.9 Å². The molecular formula is C25H12F6. The van der Waals surface area contributed by atoms with E-state index in [0.717, 1.165) is 29.2 Å². The number of rotatable bonds is 2. The first-order valence-corrected chi connectivity index (χ1v) is 9.10. The molecule has 0 fully saturated rings. The Morgan fingerprint density at radius 3 is 1.81 bits per heavy atom. The van der Waals surface area contributed by atoms with Crippen LogP contribution >= 0.6 is 0 Å². The third-order valence-corrected chi connectivity index (χ3v) is 4.74. The molecule has 0 bridgehead atoms. The van der Waals surface area contributed by atoms with Crippen molar-refractivity contribution in [1.82, 2.24) is 0 Å². The maximum Gasteiger partial charge on any atom is 0.458 e. The normalized spacial score (nSPS) is 11.3. The predicted octanol–water partition coefficient (Wildman–Crippen LogP) is 7.50. The molecule has 0 N–H and O–H groups in total. The fourth-order valence-corrected chi connectivity index (χ4v) is 3.31. The van der Waals surface area contributed by atoms with Crippen LogP contribution < -0.4 is 0 Å². The molecule has 0 aliphatic rings. The van der Waals surface area contributed by atoms with Crippen LogP contribution in [0, 0.1) is 29.3 Å². The van der Waals surface area contributed by atoms with Crippen molar-refractivity contribution in [1.29, 1.82) is 0 Å². The van der Waals surface area contributed by atoms with Gasteiger partial charge in [-0.05, 0) is 45.8 Å². The van der Waals surface area contributed by atoms with Gasteiger partial charge in [0.25, 0.3) is 0 Å². The first-order valence-electron chi connectivity index (χ1n) is 9.10. The van der Waals surface area contributed by atoms with Crippen LogP contribution in [0.5, 0.6) is 0 Å². The quantitative estimate of drug-likeness (QED) is 0.230. The molecule has 0 aromatic heterocycles. The van der Waals surface area contributed by atoms with E-state index in [2.05, 4.69) is 0 Å². The van der Waals surface area contributed by atoms with Gasteiger partial charge in [-0.2, -0.15) is 13.2 Å². The molecule has 0 radical (unpaired) electrons. The highest BCUT2D eigenvalue weighted by atomic mass is 19.4. The lowest BCUT2D eigenvalue weighted by Crippen LogP contribution is -2.03. The lowest BCUT2D eigenvalue weighted by atomic mass is 9.97. The van der Waals surface area contributed by atoms with E-state index in [1.165, 1.54) is 12.0 Å². The van der Waals surface area contributed by atoms with E-state index in [0.29, 0.717) is 11.1 Å². The van der Waals surface area contributed by atoms with Crippen LogP contribution in [0.4, 0.5) is 26.3 Å². The summed E-state index contributed by atoms with van der Waals surface area (Å²) in [5.74, 6) is -1.55. The molecular weight excluding hydrogens is 414 g/mol. The largest absolute Gasteiger partial charge is 0.458 e. The molecule has 0 saturated heterocycles. The van der Waals surface area contributed by atoms with Gasteiger partial charge in [-0.25, -0.2) is 13.2 Å². The summed E-state index contributed by atoms with van der Waals surface area (Å²) in [7, 11) is 0. The van der Waals surface area contributed by atoms with Crippen LogP contribution in [0.1, 0.15) is 5.56 Å². The summed E-state index contributed by atoms with van der Waals surface area (Å²) in [6.07, 6.45) is -4.93. The second-order valence-corrected chi connectivity index (χ2v) is 6.79. The molecule has 0 nitrogen and oxygen atoms in total. The van der Waals surface area contributed by atoms with Gasteiger partial charge in [0.1, 0.15) is 11.6 Å². The van der Waals surface area contributed by atoms with Gasteiger partial charge >= 0.3 is 6.18 Å². The Kier molecular flexibility index (Phi) is 5.20. The Hall–Kier alpha value is -3.72. The zero-order chi connectivity index (χ0) is 22.2. The van der Waals surface area contributed by atoms with Crippen molar-refractivity contribution >= 4 is 10.8 Å². The average molecular weight is 426 g/mol. The molecule has 0 atom stereocenters. The highest BCUT2D eigenvalue weighted by Crippen LogP contribution is 2.32. The molecule has 4 aromatic carbocycles. The molecule has 31 heavy (non-hydrogen) atoms. The smallest absolute Gasteiger partial charge is 0.206 e.